The van der Waals surface area contributed by atoms with Crippen LogP contribution in [0.1, 0.15) is 34.6 Å². The lowest BCUT2D eigenvalue weighted by Gasteiger charge is -2.38. The third kappa shape index (κ3) is 2.50. The van der Waals surface area contributed by atoms with Gasteiger partial charge < -0.3 is 0 Å². The lowest BCUT2D eigenvalue weighted by Crippen LogP contribution is -2.44. The van der Waals surface area contributed by atoms with Crippen LogP contribution in [0.3, 0.4) is 0 Å². The molecule has 96 valence electrons. The first-order valence-corrected chi connectivity index (χ1v) is 7.36. The number of hydrogen-bond donors (Lipinski definition) is 0. The first-order valence-electron chi connectivity index (χ1n) is 5.50. The standard InChI is InChI=1S/C13H19ClO2S/c1-12(2,3)13(4,5)17(15,16)11-8-6-10(14)7-9-11/h6-9H,1-5H3. The zero-order chi connectivity index (χ0) is 13.5. The minimum atomic E-state index is -3.37. The van der Waals surface area contributed by atoms with Crippen molar-refractivity contribution in [2.75, 3.05) is 0 Å². The van der Waals surface area contributed by atoms with Gasteiger partial charge in [0.25, 0.3) is 0 Å². The van der Waals surface area contributed by atoms with Crippen molar-refractivity contribution in [3.05, 3.63) is 29.3 Å². The monoisotopic (exact) mass is 274 g/mol. The molecule has 0 saturated heterocycles. The van der Waals surface area contributed by atoms with Gasteiger partial charge in [-0.25, -0.2) is 8.42 Å². The molecule has 0 fully saturated rings. The highest BCUT2D eigenvalue weighted by Crippen LogP contribution is 2.40. The van der Waals surface area contributed by atoms with Gasteiger partial charge in [-0.05, 0) is 43.5 Å². The van der Waals surface area contributed by atoms with Crippen LogP contribution in [0.2, 0.25) is 5.02 Å². The largest absolute Gasteiger partial charge is 0.223 e. The van der Waals surface area contributed by atoms with Crippen LogP contribution in [0.15, 0.2) is 29.2 Å². The molecule has 17 heavy (non-hydrogen) atoms. The summed E-state index contributed by atoms with van der Waals surface area (Å²) in [6, 6.07) is 6.33. The van der Waals surface area contributed by atoms with Gasteiger partial charge in [-0.15, -0.1) is 0 Å². The van der Waals surface area contributed by atoms with Crippen molar-refractivity contribution in [1.82, 2.24) is 0 Å². The van der Waals surface area contributed by atoms with Crippen LogP contribution in [0, 0.1) is 5.41 Å². The van der Waals surface area contributed by atoms with Crippen molar-refractivity contribution in [2.24, 2.45) is 5.41 Å². The second-order valence-electron chi connectivity index (χ2n) is 5.72. The molecular formula is C13H19ClO2S. The van der Waals surface area contributed by atoms with Crippen molar-refractivity contribution >= 4 is 21.4 Å². The molecule has 1 rings (SSSR count). The maximum Gasteiger partial charge on any atom is 0.184 e. The predicted molar refractivity (Wildman–Crippen MR) is 72.2 cm³/mol. The first kappa shape index (κ1) is 14.5. The van der Waals surface area contributed by atoms with Gasteiger partial charge in [0.05, 0.1) is 9.64 Å². The summed E-state index contributed by atoms with van der Waals surface area (Å²) < 4.78 is 24.3. The molecule has 0 amide bonds. The van der Waals surface area contributed by atoms with Gasteiger partial charge in [-0.1, -0.05) is 32.4 Å². The Morgan fingerprint density at radius 2 is 1.35 bits per heavy atom. The van der Waals surface area contributed by atoms with Crippen LogP contribution < -0.4 is 0 Å². The van der Waals surface area contributed by atoms with E-state index in [2.05, 4.69) is 0 Å². The molecule has 1 aromatic carbocycles. The second kappa shape index (κ2) is 4.29. The first-order chi connectivity index (χ1) is 7.50. The van der Waals surface area contributed by atoms with E-state index < -0.39 is 14.6 Å². The molecule has 0 aliphatic heterocycles. The van der Waals surface area contributed by atoms with Crippen molar-refractivity contribution in [2.45, 2.75) is 44.3 Å². The van der Waals surface area contributed by atoms with Gasteiger partial charge >= 0.3 is 0 Å². The van der Waals surface area contributed by atoms with Crippen LogP contribution in [-0.2, 0) is 9.84 Å². The molecule has 0 aliphatic rings. The Balaban J connectivity index is 3.35. The molecule has 0 radical (unpaired) electrons. The summed E-state index contributed by atoms with van der Waals surface area (Å²) >= 11 is 5.77. The number of halogens is 1. The number of rotatable bonds is 2. The zero-order valence-corrected chi connectivity index (χ0v) is 12.5. The Bertz CT molecular complexity index is 493. The predicted octanol–water partition coefficient (Wildman–Crippen LogP) is 3.94. The molecule has 0 spiro atoms. The van der Waals surface area contributed by atoms with Crippen LogP contribution in [0.5, 0.6) is 0 Å². The third-order valence-corrected chi connectivity index (χ3v) is 6.70. The maximum absolute atomic E-state index is 12.6. The van der Waals surface area contributed by atoms with E-state index in [1.54, 1.807) is 38.1 Å². The van der Waals surface area contributed by atoms with Crippen LogP contribution >= 0.6 is 11.6 Å². The van der Waals surface area contributed by atoms with E-state index in [-0.39, 0.29) is 5.41 Å². The fourth-order valence-electron chi connectivity index (χ4n) is 1.31. The molecule has 0 aliphatic carbocycles. The summed E-state index contributed by atoms with van der Waals surface area (Å²) in [5.41, 5.74) is -0.342. The quantitative estimate of drug-likeness (QED) is 0.819. The maximum atomic E-state index is 12.6. The number of sulfone groups is 1. The van der Waals surface area contributed by atoms with Gasteiger partial charge in [-0.2, -0.15) is 0 Å². The highest BCUT2D eigenvalue weighted by molar-refractivity contribution is 7.92. The van der Waals surface area contributed by atoms with E-state index in [4.69, 9.17) is 11.6 Å². The average Bonchev–Trinajstić information content (AvgIpc) is 2.16. The summed E-state index contributed by atoms with van der Waals surface area (Å²) in [5, 5.41) is 0.539. The Kier molecular flexibility index (Phi) is 3.66. The van der Waals surface area contributed by atoms with Gasteiger partial charge in [0.2, 0.25) is 0 Å². The molecule has 0 aromatic heterocycles. The summed E-state index contributed by atoms with van der Waals surface area (Å²) in [6.07, 6.45) is 0. The second-order valence-corrected chi connectivity index (χ2v) is 8.65. The summed E-state index contributed by atoms with van der Waals surface area (Å²) in [7, 11) is -3.37. The smallest absolute Gasteiger partial charge is 0.184 e. The summed E-state index contributed by atoms with van der Waals surface area (Å²) in [4.78, 5) is 0.321. The third-order valence-electron chi connectivity index (χ3n) is 3.60. The number of benzene rings is 1. The Morgan fingerprint density at radius 3 is 1.71 bits per heavy atom. The molecule has 2 nitrogen and oxygen atoms in total. The lowest BCUT2D eigenvalue weighted by molar-refractivity contribution is 0.302. The molecular weight excluding hydrogens is 256 g/mol. The van der Waals surface area contributed by atoms with E-state index in [9.17, 15) is 8.42 Å². The van der Waals surface area contributed by atoms with Crippen molar-refractivity contribution in [3.8, 4) is 0 Å². The van der Waals surface area contributed by atoms with E-state index in [0.717, 1.165) is 0 Å². The molecule has 0 unspecified atom stereocenters. The Morgan fingerprint density at radius 1 is 0.941 bits per heavy atom. The van der Waals surface area contributed by atoms with Crippen LogP contribution in [-0.4, -0.2) is 13.2 Å². The highest BCUT2D eigenvalue weighted by Gasteiger charge is 2.45. The summed E-state index contributed by atoms with van der Waals surface area (Å²) in [5.74, 6) is 0. The molecule has 0 bridgehead atoms. The van der Waals surface area contributed by atoms with E-state index in [1.165, 1.54) is 0 Å². The van der Waals surface area contributed by atoms with E-state index in [1.807, 2.05) is 20.8 Å². The van der Waals surface area contributed by atoms with Crippen molar-refractivity contribution < 1.29 is 8.42 Å². The SMILES string of the molecule is CC(C)(C)C(C)(C)S(=O)(=O)c1ccc(Cl)cc1. The molecule has 0 heterocycles. The van der Waals surface area contributed by atoms with Gasteiger partial charge in [0.15, 0.2) is 9.84 Å². The number of hydrogen-bond acceptors (Lipinski definition) is 2. The molecule has 0 atom stereocenters. The molecule has 4 heteroatoms. The zero-order valence-electron chi connectivity index (χ0n) is 10.9. The fourth-order valence-corrected chi connectivity index (χ4v) is 3.33. The van der Waals surface area contributed by atoms with Gasteiger partial charge in [-0.3, -0.25) is 0 Å². The van der Waals surface area contributed by atoms with E-state index in [0.29, 0.717) is 9.92 Å². The fraction of sp³-hybridized carbons (Fsp3) is 0.538. The van der Waals surface area contributed by atoms with Gasteiger partial charge in [0, 0.05) is 5.02 Å². The average molecular weight is 275 g/mol. The Labute approximate surface area is 109 Å². The van der Waals surface area contributed by atoms with Gasteiger partial charge in [0.1, 0.15) is 0 Å². The molecule has 1 aromatic rings. The molecule has 0 saturated carbocycles. The topological polar surface area (TPSA) is 34.1 Å². The van der Waals surface area contributed by atoms with Crippen LogP contribution in [0.4, 0.5) is 0 Å². The highest BCUT2D eigenvalue weighted by atomic mass is 35.5. The normalized spacial score (nSPS) is 13.8. The lowest BCUT2D eigenvalue weighted by atomic mass is 9.83. The minimum absolute atomic E-state index is 0.321. The van der Waals surface area contributed by atoms with Crippen molar-refractivity contribution in [1.29, 1.82) is 0 Å². The van der Waals surface area contributed by atoms with Crippen LogP contribution in [0.25, 0.3) is 0 Å². The Hall–Kier alpha value is -0.540. The molecule has 0 N–H and O–H groups in total. The summed E-state index contributed by atoms with van der Waals surface area (Å²) in [6.45, 7) is 9.31. The minimum Gasteiger partial charge on any atom is -0.223 e. The van der Waals surface area contributed by atoms with Crippen molar-refractivity contribution in [3.63, 3.8) is 0 Å². The van der Waals surface area contributed by atoms with E-state index >= 15 is 0 Å².